The topological polar surface area (TPSA) is 66.4 Å². The Labute approximate surface area is 126 Å². The molecule has 2 rings (SSSR count). The summed E-state index contributed by atoms with van der Waals surface area (Å²) in [5.41, 5.74) is 1.64. The van der Waals surface area contributed by atoms with Gasteiger partial charge < -0.3 is 10.4 Å². The van der Waals surface area contributed by atoms with Gasteiger partial charge in [-0.25, -0.2) is 4.79 Å². The zero-order chi connectivity index (χ0) is 14.5. The van der Waals surface area contributed by atoms with E-state index in [1.807, 2.05) is 30.4 Å². The fraction of sp³-hybridized carbons (Fsp3) is 0.429. The highest BCUT2D eigenvalue weighted by molar-refractivity contribution is 8.06. The summed E-state index contributed by atoms with van der Waals surface area (Å²) in [6.07, 6.45) is 0.481. The Morgan fingerprint density at radius 1 is 1.40 bits per heavy atom. The number of rotatable bonds is 4. The molecule has 2 N–H and O–H groups in total. The number of carboxylic acids is 1. The van der Waals surface area contributed by atoms with Crippen LogP contribution in [-0.4, -0.2) is 39.5 Å². The standard InChI is InChI=1S/C14H17NO3S2/c1-9-2-3-10(14(17)18)6-12(9)15-13(16)7-11-8-19-4-5-20-11/h2-3,6,11H,4-5,7-8H2,1H3,(H,15,16)(H,17,18). The average Bonchev–Trinajstić information content (AvgIpc) is 2.42. The first-order valence-electron chi connectivity index (χ1n) is 6.39. The molecule has 6 heteroatoms. The van der Waals surface area contributed by atoms with Crippen molar-refractivity contribution >= 4 is 41.1 Å². The number of hydrogen-bond acceptors (Lipinski definition) is 4. The molecule has 1 aromatic rings. The van der Waals surface area contributed by atoms with Crippen molar-refractivity contribution in [3.63, 3.8) is 0 Å². The van der Waals surface area contributed by atoms with Crippen molar-refractivity contribution in [2.24, 2.45) is 0 Å². The van der Waals surface area contributed by atoms with Crippen LogP contribution in [0.5, 0.6) is 0 Å². The van der Waals surface area contributed by atoms with E-state index in [1.165, 1.54) is 6.07 Å². The van der Waals surface area contributed by atoms with Crippen LogP contribution < -0.4 is 5.32 Å². The van der Waals surface area contributed by atoms with Gasteiger partial charge in [-0.3, -0.25) is 4.79 Å². The number of anilines is 1. The van der Waals surface area contributed by atoms with Crippen LogP contribution >= 0.6 is 23.5 Å². The Balaban J connectivity index is 1.99. The molecular formula is C14H17NO3S2. The molecule has 20 heavy (non-hydrogen) atoms. The number of aryl methyl sites for hydroxylation is 1. The molecule has 4 nitrogen and oxygen atoms in total. The quantitative estimate of drug-likeness (QED) is 0.895. The van der Waals surface area contributed by atoms with Crippen molar-refractivity contribution in [3.8, 4) is 0 Å². The van der Waals surface area contributed by atoms with Crippen LogP contribution in [0.1, 0.15) is 22.3 Å². The van der Waals surface area contributed by atoms with Crippen LogP contribution in [0.25, 0.3) is 0 Å². The maximum absolute atomic E-state index is 12.0. The maximum atomic E-state index is 12.0. The summed E-state index contributed by atoms with van der Waals surface area (Å²) in [5.74, 6) is 2.22. The molecule has 1 heterocycles. The lowest BCUT2D eigenvalue weighted by Crippen LogP contribution is -2.23. The molecule has 1 amide bonds. The van der Waals surface area contributed by atoms with Crippen LogP contribution in [0.15, 0.2) is 18.2 Å². The van der Waals surface area contributed by atoms with Gasteiger partial charge in [0, 0.05) is 34.6 Å². The number of carbonyl (C=O) groups is 2. The number of amides is 1. The molecule has 1 saturated heterocycles. The lowest BCUT2D eigenvalue weighted by atomic mass is 10.1. The molecule has 108 valence electrons. The van der Waals surface area contributed by atoms with Gasteiger partial charge in [-0.2, -0.15) is 23.5 Å². The van der Waals surface area contributed by atoms with E-state index in [9.17, 15) is 9.59 Å². The number of hydrogen-bond donors (Lipinski definition) is 2. The van der Waals surface area contributed by atoms with Crippen molar-refractivity contribution < 1.29 is 14.7 Å². The molecule has 0 bridgehead atoms. The Kier molecular flexibility index (Phi) is 5.37. The highest BCUT2D eigenvalue weighted by atomic mass is 32.2. The molecule has 1 aliphatic rings. The second kappa shape index (κ2) is 7.04. The van der Waals surface area contributed by atoms with E-state index in [4.69, 9.17) is 5.11 Å². The van der Waals surface area contributed by atoms with E-state index in [2.05, 4.69) is 5.32 Å². The van der Waals surface area contributed by atoms with Crippen molar-refractivity contribution in [3.05, 3.63) is 29.3 Å². The van der Waals surface area contributed by atoms with Crippen molar-refractivity contribution in [1.29, 1.82) is 0 Å². The third kappa shape index (κ3) is 4.18. The van der Waals surface area contributed by atoms with Gasteiger partial charge in [0.25, 0.3) is 0 Å². The monoisotopic (exact) mass is 311 g/mol. The second-order valence-corrected chi connectivity index (χ2v) is 7.21. The predicted molar refractivity (Wildman–Crippen MR) is 85.0 cm³/mol. The maximum Gasteiger partial charge on any atom is 0.335 e. The molecular weight excluding hydrogens is 294 g/mol. The fourth-order valence-corrected chi connectivity index (χ4v) is 4.63. The predicted octanol–water partition coefficient (Wildman–Crippen LogP) is 2.87. The molecule has 0 spiro atoms. The lowest BCUT2D eigenvalue weighted by Gasteiger charge is -2.20. The van der Waals surface area contributed by atoms with Crippen LogP contribution in [-0.2, 0) is 4.79 Å². The molecule has 1 aliphatic heterocycles. The Morgan fingerprint density at radius 3 is 2.85 bits per heavy atom. The highest BCUT2D eigenvalue weighted by Gasteiger charge is 2.18. The normalized spacial score (nSPS) is 18.6. The van der Waals surface area contributed by atoms with Gasteiger partial charge >= 0.3 is 5.97 Å². The van der Waals surface area contributed by atoms with Gasteiger partial charge in [0.1, 0.15) is 0 Å². The molecule has 0 radical (unpaired) electrons. The minimum atomic E-state index is -0.986. The smallest absolute Gasteiger partial charge is 0.335 e. The van der Waals surface area contributed by atoms with E-state index in [1.54, 1.807) is 12.1 Å². The van der Waals surface area contributed by atoms with Crippen molar-refractivity contribution in [1.82, 2.24) is 0 Å². The lowest BCUT2D eigenvalue weighted by molar-refractivity contribution is -0.116. The van der Waals surface area contributed by atoms with Crippen LogP contribution in [0.2, 0.25) is 0 Å². The molecule has 1 unspecified atom stereocenters. The second-order valence-electron chi connectivity index (χ2n) is 4.65. The van der Waals surface area contributed by atoms with Crippen LogP contribution in [0.4, 0.5) is 5.69 Å². The third-order valence-electron chi connectivity index (χ3n) is 3.06. The average molecular weight is 311 g/mol. The van der Waals surface area contributed by atoms with Crippen molar-refractivity contribution in [2.45, 2.75) is 18.6 Å². The first kappa shape index (κ1) is 15.3. The minimum Gasteiger partial charge on any atom is -0.478 e. The number of carbonyl (C=O) groups excluding carboxylic acids is 1. The van der Waals surface area contributed by atoms with Crippen LogP contribution in [0.3, 0.4) is 0 Å². The van der Waals surface area contributed by atoms with Gasteiger partial charge in [-0.15, -0.1) is 0 Å². The summed E-state index contributed by atoms with van der Waals surface area (Å²) in [6, 6.07) is 4.77. The SMILES string of the molecule is Cc1ccc(C(=O)O)cc1NC(=O)CC1CSCCS1. The minimum absolute atomic E-state index is 0.0457. The fourth-order valence-electron chi connectivity index (χ4n) is 1.95. The van der Waals surface area contributed by atoms with Gasteiger partial charge in [0.15, 0.2) is 0 Å². The van der Waals surface area contributed by atoms with Crippen molar-refractivity contribution in [2.75, 3.05) is 22.6 Å². The van der Waals surface area contributed by atoms with E-state index >= 15 is 0 Å². The first-order chi connectivity index (χ1) is 9.56. The number of aromatic carboxylic acids is 1. The van der Waals surface area contributed by atoms with Gasteiger partial charge in [-0.05, 0) is 24.6 Å². The van der Waals surface area contributed by atoms with Gasteiger partial charge in [0.2, 0.25) is 5.91 Å². The number of benzene rings is 1. The molecule has 0 saturated carbocycles. The van der Waals surface area contributed by atoms with Gasteiger partial charge in [-0.1, -0.05) is 6.07 Å². The van der Waals surface area contributed by atoms with E-state index < -0.39 is 5.97 Å². The molecule has 1 fully saturated rings. The molecule has 1 atom stereocenters. The molecule has 0 aliphatic carbocycles. The summed E-state index contributed by atoms with van der Waals surface area (Å²) >= 11 is 3.72. The van der Waals surface area contributed by atoms with E-state index in [-0.39, 0.29) is 11.5 Å². The highest BCUT2D eigenvalue weighted by Crippen LogP contribution is 2.27. The molecule has 1 aromatic carbocycles. The number of thioether (sulfide) groups is 2. The first-order valence-corrected chi connectivity index (χ1v) is 8.60. The van der Waals surface area contributed by atoms with E-state index in [0.717, 1.165) is 22.8 Å². The summed E-state index contributed by atoms with van der Waals surface area (Å²) < 4.78 is 0. The largest absolute Gasteiger partial charge is 0.478 e. The zero-order valence-electron chi connectivity index (χ0n) is 11.2. The summed E-state index contributed by atoms with van der Waals surface area (Å²) in [5, 5.41) is 12.2. The Hall–Kier alpha value is -1.14. The molecule has 0 aromatic heterocycles. The van der Waals surface area contributed by atoms with E-state index in [0.29, 0.717) is 17.4 Å². The Morgan fingerprint density at radius 2 is 2.20 bits per heavy atom. The zero-order valence-corrected chi connectivity index (χ0v) is 12.9. The summed E-state index contributed by atoms with van der Waals surface area (Å²) in [4.78, 5) is 23.0. The Bertz CT molecular complexity index is 513. The number of nitrogens with one attached hydrogen (secondary N) is 1. The van der Waals surface area contributed by atoms with Gasteiger partial charge in [0.05, 0.1) is 5.56 Å². The number of carboxylic acid groups (broad SMARTS) is 1. The van der Waals surface area contributed by atoms with Crippen LogP contribution in [0, 0.1) is 6.92 Å². The summed E-state index contributed by atoms with van der Waals surface area (Å²) in [7, 11) is 0. The third-order valence-corrected chi connectivity index (χ3v) is 5.90. The summed E-state index contributed by atoms with van der Waals surface area (Å²) in [6.45, 7) is 1.85.